The Kier molecular flexibility index (Phi) is 7.84. The first kappa shape index (κ1) is 21.1. The zero-order valence-electron chi connectivity index (χ0n) is 17.3. The van der Waals surface area contributed by atoms with Crippen LogP contribution in [-0.2, 0) is 9.53 Å². The molecule has 156 valence electrons. The summed E-state index contributed by atoms with van der Waals surface area (Å²) in [7, 11) is 3.46. The fourth-order valence-electron chi connectivity index (χ4n) is 3.41. The highest BCUT2D eigenvalue weighted by atomic mass is 16.5. The number of carbonyl (C=O) groups excluding carboxylic acids is 1. The maximum absolute atomic E-state index is 12.2. The van der Waals surface area contributed by atoms with Gasteiger partial charge in [-0.1, -0.05) is 18.2 Å². The fraction of sp³-hybridized carbons (Fsp3) is 0.455. The van der Waals surface area contributed by atoms with Crippen molar-refractivity contribution in [3.63, 3.8) is 0 Å². The minimum absolute atomic E-state index is 0.00845. The summed E-state index contributed by atoms with van der Waals surface area (Å²) in [5, 5.41) is 0. The van der Waals surface area contributed by atoms with Crippen LogP contribution in [0.25, 0.3) is 0 Å². The monoisotopic (exact) mass is 398 g/mol. The maximum Gasteiger partial charge on any atom is 0.230 e. The second-order valence-corrected chi connectivity index (χ2v) is 7.00. The number of benzene rings is 1. The lowest BCUT2D eigenvalue weighted by molar-refractivity contribution is -0.119. The minimum Gasteiger partial charge on any atom is -0.495 e. The van der Waals surface area contributed by atoms with Gasteiger partial charge in [-0.2, -0.15) is 0 Å². The summed E-state index contributed by atoms with van der Waals surface area (Å²) in [4.78, 5) is 22.7. The van der Waals surface area contributed by atoms with Crippen LogP contribution in [0.1, 0.15) is 6.42 Å². The first-order valence-electron chi connectivity index (χ1n) is 10.0. The Hall–Kier alpha value is -2.64. The average molecular weight is 399 g/mol. The molecule has 1 aromatic heterocycles. The third-order valence-corrected chi connectivity index (χ3v) is 5.18. The van der Waals surface area contributed by atoms with Gasteiger partial charge in [0, 0.05) is 46.0 Å². The zero-order chi connectivity index (χ0) is 20.5. The van der Waals surface area contributed by atoms with Crippen LogP contribution in [0.4, 0.5) is 11.5 Å². The Morgan fingerprint density at radius 3 is 2.55 bits per heavy atom. The van der Waals surface area contributed by atoms with Crippen LogP contribution in [0.3, 0.4) is 0 Å². The highest BCUT2D eigenvalue weighted by Crippen LogP contribution is 2.28. The summed E-state index contributed by atoms with van der Waals surface area (Å²) in [5.74, 6) is 1.59. The molecule has 7 heteroatoms. The Morgan fingerprint density at radius 1 is 1.07 bits per heavy atom. The van der Waals surface area contributed by atoms with Gasteiger partial charge in [0.1, 0.15) is 11.6 Å². The smallest absolute Gasteiger partial charge is 0.230 e. The van der Waals surface area contributed by atoms with Crippen molar-refractivity contribution in [1.82, 2.24) is 9.88 Å². The van der Waals surface area contributed by atoms with Gasteiger partial charge in [-0.3, -0.25) is 14.6 Å². The Balaban J connectivity index is 1.32. The molecule has 3 rings (SSSR count). The van der Waals surface area contributed by atoms with Crippen LogP contribution in [0.2, 0.25) is 0 Å². The molecule has 1 saturated heterocycles. The number of carbonyl (C=O) groups is 1. The van der Waals surface area contributed by atoms with Crippen molar-refractivity contribution < 1.29 is 14.3 Å². The Labute approximate surface area is 172 Å². The van der Waals surface area contributed by atoms with Gasteiger partial charge >= 0.3 is 0 Å². The van der Waals surface area contributed by atoms with Gasteiger partial charge in [0.05, 0.1) is 32.4 Å². The van der Waals surface area contributed by atoms with Gasteiger partial charge in [-0.05, 0) is 24.3 Å². The number of amides is 1. The summed E-state index contributed by atoms with van der Waals surface area (Å²) in [6.07, 6.45) is 2.04. The molecule has 0 spiro atoms. The SMILES string of the molecule is COc1ccccc1N1CCN(CCOCCC(=O)N(C)c2ccccn2)CC1. The molecular formula is C22H30N4O3. The van der Waals surface area contributed by atoms with Gasteiger partial charge < -0.3 is 14.4 Å². The standard InChI is InChI=1S/C22H30N4O3/c1-24(21-9-5-6-11-23-21)22(27)10-17-29-18-16-25-12-14-26(15-13-25)19-7-3-4-8-20(19)28-2/h3-9,11H,10,12-18H2,1-2H3. The van der Waals surface area contributed by atoms with Crippen LogP contribution in [0.5, 0.6) is 5.75 Å². The number of aromatic nitrogens is 1. The number of nitrogens with zero attached hydrogens (tertiary/aromatic N) is 4. The van der Waals surface area contributed by atoms with E-state index in [2.05, 4.69) is 20.9 Å². The third-order valence-electron chi connectivity index (χ3n) is 5.18. The molecule has 1 fully saturated rings. The van der Waals surface area contributed by atoms with E-state index >= 15 is 0 Å². The predicted molar refractivity (Wildman–Crippen MR) is 115 cm³/mol. The van der Waals surface area contributed by atoms with Crippen LogP contribution in [-0.4, -0.2) is 75.9 Å². The summed E-state index contributed by atoms with van der Waals surface area (Å²) in [5.41, 5.74) is 1.15. The molecule has 0 radical (unpaired) electrons. The number of para-hydroxylation sites is 2. The molecule has 2 heterocycles. The number of hydrogen-bond donors (Lipinski definition) is 0. The summed E-state index contributed by atoms with van der Waals surface area (Å²) >= 11 is 0. The van der Waals surface area contributed by atoms with Crippen molar-refractivity contribution in [2.24, 2.45) is 0 Å². The summed E-state index contributed by atoms with van der Waals surface area (Å²) < 4.78 is 11.2. The molecule has 1 aliphatic heterocycles. The summed E-state index contributed by atoms with van der Waals surface area (Å²) in [6.45, 7) is 5.85. The molecule has 29 heavy (non-hydrogen) atoms. The van der Waals surface area contributed by atoms with E-state index in [-0.39, 0.29) is 5.91 Å². The molecule has 0 N–H and O–H groups in total. The number of hydrogen-bond acceptors (Lipinski definition) is 6. The van der Waals surface area contributed by atoms with E-state index < -0.39 is 0 Å². The largest absolute Gasteiger partial charge is 0.495 e. The number of rotatable bonds is 9. The molecule has 0 aliphatic carbocycles. The highest BCUT2D eigenvalue weighted by Gasteiger charge is 2.19. The quantitative estimate of drug-likeness (QED) is 0.604. The van der Waals surface area contributed by atoms with Crippen LogP contribution < -0.4 is 14.5 Å². The molecule has 0 atom stereocenters. The Morgan fingerprint density at radius 2 is 1.83 bits per heavy atom. The molecular weight excluding hydrogens is 368 g/mol. The summed E-state index contributed by atoms with van der Waals surface area (Å²) in [6, 6.07) is 13.7. The van der Waals surface area contributed by atoms with E-state index in [0.29, 0.717) is 25.5 Å². The molecule has 2 aromatic rings. The van der Waals surface area contributed by atoms with Crippen LogP contribution in [0, 0.1) is 0 Å². The van der Waals surface area contributed by atoms with Crippen LogP contribution in [0.15, 0.2) is 48.7 Å². The molecule has 1 aromatic carbocycles. The van der Waals surface area contributed by atoms with Crippen molar-refractivity contribution in [2.75, 3.05) is 69.9 Å². The number of pyridine rings is 1. The first-order valence-corrected chi connectivity index (χ1v) is 10.0. The molecule has 1 aliphatic rings. The molecule has 0 bridgehead atoms. The van der Waals surface area contributed by atoms with E-state index in [9.17, 15) is 4.79 Å². The topological polar surface area (TPSA) is 58.1 Å². The number of anilines is 2. The number of methoxy groups -OCH3 is 1. The van der Waals surface area contributed by atoms with Gasteiger partial charge in [0.25, 0.3) is 0 Å². The number of piperazine rings is 1. The van der Waals surface area contributed by atoms with Crippen molar-refractivity contribution in [3.05, 3.63) is 48.7 Å². The average Bonchev–Trinajstić information content (AvgIpc) is 2.79. The predicted octanol–water partition coefficient (Wildman–Crippen LogP) is 2.28. The lowest BCUT2D eigenvalue weighted by Gasteiger charge is -2.36. The normalized spacial score (nSPS) is 14.6. The lowest BCUT2D eigenvalue weighted by Crippen LogP contribution is -2.47. The fourth-order valence-corrected chi connectivity index (χ4v) is 3.41. The maximum atomic E-state index is 12.2. The van der Waals surface area contributed by atoms with E-state index in [1.165, 1.54) is 0 Å². The van der Waals surface area contributed by atoms with Crippen molar-refractivity contribution >= 4 is 17.4 Å². The molecule has 7 nitrogen and oxygen atoms in total. The molecule has 0 unspecified atom stereocenters. The van der Waals surface area contributed by atoms with E-state index in [1.54, 1.807) is 25.3 Å². The zero-order valence-corrected chi connectivity index (χ0v) is 17.3. The van der Waals surface area contributed by atoms with Gasteiger partial charge in [0.15, 0.2) is 0 Å². The van der Waals surface area contributed by atoms with E-state index in [0.717, 1.165) is 44.2 Å². The van der Waals surface area contributed by atoms with Crippen molar-refractivity contribution in [2.45, 2.75) is 6.42 Å². The van der Waals surface area contributed by atoms with E-state index in [4.69, 9.17) is 9.47 Å². The molecule has 1 amide bonds. The highest BCUT2D eigenvalue weighted by molar-refractivity contribution is 5.91. The Bertz CT molecular complexity index is 764. The van der Waals surface area contributed by atoms with Gasteiger partial charge in [0.2, 0.25) is 5.91 Å². The van der Waals surface area contributed by atoms with Gasteiger partial charge in [-0.15, -0.1) is 0 Å². The van der Waals surface area contributed by atoms with Crippen molar-refractivity contribution in [3.8, 4) is 5.75 Å². The second kappa shape index (κ2) is 10.8. The minimum atomic E-state index is 0.00845. The van der Waals surface area contributed by atoms with Crippen molar-refractivity contribution in [1.29, 1.82) is 0 Å². The first-order chi connectivity index (χ1) is 14.2. The van der Waals surface area contributed by atoms with Gasteiger partial charge in [-0.25, -0.2) is 4.98 Å². The number of ether oxygens (including phenoxy) is 2. The van der Waals surface area contributed by atoms with E-state index in [1.807, 2.05) is 36.4 Å². The third kappa shape index (κ3) is 5.92. The second-order valence-electron chi connectivity index (χ2n) is 7.00. The lowest BCUT2D eigenvalue weighted by atomic mass is 10.2. The van der Waals surface area contributed by atoms with Crippen LogP contribution >= 0.6 is 0 Å². The molecule has 0 saturated carbocycles.